The average molecular weight is 961 g/mol. The molecule has 2 N–H and O–H groups in total. The van der Waals surface area contributed by atoms with Crippen LogP contribution in [0.15, 0.2) is 91.0 Å². The molecule has 0 unspecified atom stereocenters. The molecular weight excluding hydrogens is 917 g/mol. The molecular formula is C51H44O19. The molecule has 0 bridgehead atoms. The molecule has 0 fully saturated rings. The molecule has 0 spiro atoms. The van der Waals surface area contributed by atoms with Gasteiger partial charge in [-0.15, -0.1) is 0 Å². The fraction of sp³-hybridized carbons (Fsp3) is 0.176. The quantitative estimate of drug-likeness (QED) is 0.0484. The predicted octanol–water partition coefficient (Wildman–Crippen LogP) is 7.96. The van der Waals surface area contributed by atoms with E-state index in [1.807, 2.05) is 0 Å². The van der Waals surface area contributed by atoms with Crippen LogP contribution in [0.1, 0.15) is 62.1 Å². The second-order valence-electron chi connectivity index (χ2n) is 14.5. The maximum Gasteiger partial charge on any atom is 0.233 e. The van der Waals surface area contributed by atoms with Gasteiger partial charge in [0.05, 0.1) is 64.0 Å². The Labute approximate surface area is 399 Å². The number of methoxy groups -OCH3 is 9. The molecule has 0 amide bonds. The lowest BCUT2D eigenvalue weighted by atomic mass is 9.99. The van der Waals surface area contributed by atoms with E-state index < -0.39 is 46.2 Å². The van der Waals surface area contributed by atoms with E-state index in [4.69, 9.17) is 52.1 Å². The van der Waals surface area contributed by atoms with Crippen molar-refractivity contribution in [2.75, 3.05) is 64.0 Å². The fourth-order valence-electron chi connectivity index (χ4n) is 7.06. The summed E-state index contributed by atoms with van der Waals surface area (Å²) >= 11 is 0. The Morgan fingerprint density at radius 2 is 0.471 bits per heavy atom. The van der Waals surface area contributed by atoms with Crippen LogP contribution >= 0.6 is 0 Å². The summed E-state index contributed by atoms with van der Waals surface area (Å²) in [7, 11) is 12.1. The van der Waals surface area contributed by atoms with Crippen LogP contribution in [0.3, 0.4) is 0 Å². The van der Waals surface area contributed by atoms with Crippen molar-refractivity contribution < 1.29 is 91.1 Å². The van der Waals surface area contributed by atoms with E-state index in [0.717, 1.165) is 48.5 Å². The molecule has 0 aliphatic carbocycles. The van der Waals surface area contributed by atoms with Crippen LogP contribution in [-0.4, -0.2) is 109 Å². The second-order valence-corrected chi connectivity index (χ2v) is 14.5. The number of phenolic OH excluding ortho intramolecular Hbond substituents is 2. The summed E-state index contributed by atoms with van der Waals surface area (Å²) in [6.07, 6.45) is 0. The minimum absolute atomic E-state index is 0.0788. The van der Waals surface area contributed by atoms with E-state index in [1.54, 1.807) is 0 Å². The van der Waals surface area contributed by atoms with Gasteiger partial charge in [-0.1, -0.05) is 0 Å². The van der Waals surface area contributed by atoms with Gasteiger partial charge in [-0.25, -0.2) is 0 Å². The number of Topliss-reactive ketones (excluding diaryl/α,β-unsaturated/α-hetero) is 6. The molecule has 0 atom stereocenters. The van der Waals surface area contributed by atoms with Gasteiger partial charge in [0.2, 0.25) is 51.9 Å². The number of carbonyl (C=O) groups excluding carboxylic acids is 6. The first-order chi connectivity index (χ1) is 33.5. The largest absolute Gasteiger partial charge is 0.508 e. The van der Waals surface area contributed by atoms with Crippen molar-refractivity contribution in [1.29, 1.82) is 0 Å². The minimum Gasteiger partial charge on any atom is -0.508 e. The summed E-state index contributed by atoms with van der Waals surface area (Å²) in [4.78, 5) is 82.5. The molecule has 19 nitrogen and oxygen atoms in total. The van der Waals surface area contributed by atoms with Crippen LogP contribution in [0, 0.1) is 0 Å². The number of hydrogen-bond donors (Lipinski definition) is 2. The normalized spacial score (nSPS) is 10.5. The molecule has 0 aromatic heterocycles. The van der Waals surface area contributed by atoms with Gasteiger partial charge in [-0.05, 0) is 72.8 Å². The zero-order valence-corrected chi connectivity index (χ0v) is 39.0. The number of phenols is 2. The summed E-state index contributed by atoms with van der Waals surface area (Å²) in [6.45, 7) is 0. The Morgan fingerprint density at radius 1 is 0.271 bits per heavy atom. The van der Waals surface area contributed by atoms with Crippen molar-refractivity contribution in [3.63, 3.8) is 0 Å². The molecule has 362 valence electrons. The summed E-state index contributed by atoms with van der Waals surface area (Å²) < 4.78 is 60.1. The fourth-order valence-corrected chi connectivity index (χ4v) is 7.06. The average Bonchev–Trinajstić information content (AvgIpc) is 3.37. The predicted molar refractivity (Wildman–Crippen MR) is 247 cm³/mol. The Hall–Kier alpha value is -9.26. The maximum absolute atomic E-state index is 14.1. The van der Waals surface area contributed by atoms with Gasteiger partial charge in [-0.2, -0.15) is 0 Å². The molecule has 6 rings (SSSR count). The van der Waals surface area contributed by atoms with Gasteiger partial charge in [0.15, 0.2) is 34.5 Å². The monoisotopic (exact) mass is 960 g/mol. The third-order valence-corrected chi connectivity index (χ3v) is 10.3. The lowest BCUT2D eigenvalue weighted by molar-refractivity contribution is 0.0816. The zero-order chi connectivity index (χ0) is 51.0. The highest BCUT2D eigenvalue weighted by molar-refractivity contribution is 6.50. The van der Waals surface area contributed by atoms with Crippen molar-refractivity contribution in [2.24, 2.45) is 0 Å². The van der Waals surface area contributed by atoms with E-state index in [9.17, 15) is 39.0 Å². The first-order valence-corrected chi connectivity index (χ1v) is 20.4. The highest BCUT2D eigenvalue weighted by atomic mass is 16.5. The number of ether oxygens (including phenoxy) is 11. The highest BCUT2D eigenvalue weighted by Gasteiger charge is 2.28. The van der Waals surface area contributed by atoms with Crippen LogP contribution in [-0.2, 0) is 0 Å². The summed E-state index contributed by atoms with van der Waals surface area (Å²) in [5.41, 5.74) is -1.36. The standard InChI is InChI=1S/C51H44O19/c1-60-37-16-28(17-38(61-2)49(37)66-7)46(57)43(54)25-10-31(52)22-33(12-25)69-35-14-27(45(56)48(59)30-20-41(64-5)51(68-9)42(21-30)65-6)15-36(24-35)70-34-13-26(11-32(53)23-34)44(55)47(58)29-18-39(62-3)50(67-8)40(19-29)63-4/h10-24,52-53H,1-9H3. The van der Waals surface area contributed by atoms with Gasteiger partial charge >= 0.3 is 0 Å². The smallest absolute Gasteiger partial charge is 0.233 e. The molecule has 0 heterocycles. The number of rotatable bonds is 22. The highest BCUT2D eigenvalue weighted by Crippen LogP contribution is 2.42. The molecule has 0 radical (unpaired) electrons. The molecule has 6 aromatic carbocycles. The van der Waals surface area contributed by atoms with Gasteiger partial charge in [0.1, 0.15) is 34.5 Å². The minimum atomic E-state index is -1.10. The van der Waals surface area contributed by atoms with Crippen molar-refractivity contribution >= 4 is 34.7 Å². The van der Waals surface area contributed by atoms with Crippen LogP contribution in [0.2, 0.25) is 0 Å². The van der Waals surface area contributed by atoms with Gasteiger partial charge in [0.25, 0.3) is 0 Å². The molecule has 0 aliphatic rings. The van der Waals surface area contributed by atoms with Crippen molar-refractivity contribution in [3.05, 3.63) is 124 Å². The third kappa shape index (κ3) is 10.5. The number of carbonyl (C=O) groups is 6. The van der Waals surface area contributed by atoms with Gasteiger partial charge in [-0.3, -0.25) is 28.8 Å². The molecule has 0 aliphatic heterocycles. The molecule has 70 heavy (non-hydrogen) atoms. The third-order valence-electron chi connectivity index (χ3n) is 10.3. The van der Waals surface area contributed by atoms with Crippen molar-refractivity contribution in [1.82, 2.24) is 0 Å². The Bertz CT molecular complexity index is 2830. The lowest BCUT2D eigenvalue weighted by Gasteiger charge is -2.15. The molecule has 19 heteroatoms. The number of hydrogen-bond acceptors (Lipinski definition) is 19. The molecule has 6 aromatic rings. The first-order valence-electron chi connectivity index (χ1n) is 20.4. The number of ketones is 6. The van der Waals surface area contributed by atoms with Crippen LogP contribution < -0.4 is 52.1 Å². The van der Waals surface area contributed by atoms with E-state index in [2.05, 4.69) is 0 Å². The lowest BCUT2D eigenvalue weighted by Crippen LogP contribution is -2.16. The Morgan fingerprint density at radius 3 is 0.686 bits per heavy atom. The van der Waals surface area contributed by atoms with Crippen LogP contribution in [0.5, 0.6) is 86.2 Å². The van der Waals surface area contributed by atoms with E-state index in [0.29, 0.717) is 0 Å². The van der Waals surface area contributed by atoms with Gasteiger partial charge < -0.3 is 62.3 Å². The zero-order valence-electron chi connectivity index (χ0n) is 39.0. The molecule has 0 saturated carbocycles. The molecule has 0 saturated heterocycles. The van der Waals surface area contributed by atoms with Crippen molar-refractivity contribution in [2.45, 2.75) is 0 Å². The SMILES string of the molecule is COc1cc(C(=O)C(=O)c2cc(O)cc(Oc3cc(Oc4cc(O)cc(C(=O)C(=O)c5cc(OC)c(OC)c(OC)c5)c4)cc(C(=O)C(=O)c4cc(OC)c(OC)c(OC)c4)c3)c2)cc(OC)c1OC. The van der Waals surface area contributed by atoms with Crippen LogP contribution in [0.4, 0.5) is 0 Å². The first kappa shape index (κ1) is 50.2. The van der Waals surface area contributed by atoms with E-state index in [1.165, 1.54) is 106 Å². The van der Waals surface area contributed by atoms with Crippen LogP contribution in [0.25, 0.3) is 0 Å². The summed E-state index contributed by atoms with van der Waals surface area (Å²) in [6, 6.07) is 17.8. The van der Waals surface area contributed by atoms with E-state index >= 15 is 0 Å². The topological polar surface area (TPSA) is 244 Å². The summed E-state index contributed by atoms with van der Waals surface area (Å²) in [5, 5.41) is 21.5. The Kier molecular flexibility index (Phi) is 15.5. The summed E-state index contributed by atoms with van der Waals surface area (Å²) in [5.74, 6) is -7.12. The van der Waals surface area contributed by atoms with Gasteiger partial charge in [0, 0.05) is 51.6 Å². The van der Waals surface area contributed by atoms with Crippen molar-refractivity contribution in [3.8, 4) is 86.2 Å². The number of aromatic hydroxyl groups is 2. The maximum atomic E-state index is 14.1. The Balaban J connectivity index is 1.40. The van der Waals surface area contributed by atoms with E-state index in [-0.39, 0.29) is 108 Å². The number of benzene rings is 6. The second kappa shape index (κ2) is 21.6.